The van der Waals surface area contributed by atoms with Crippen LogP contribution in [0.25, 0.3) is 6.08 Å². The fourth-order valence-corrected chi connectivity index (χ4v) is 3.34. The minimum atomic E-state index is -0.592. The fraction of sp³-hybridized carbons (Fsp3) is 0.0800. The van der Waals surface area contributed by atoms with Gasteiger partial charge in [-0.1, -0.05) is 18.2 Å². The van der Waals surface area contributed by atoms with E-state index in [1.165, 1.54) is 37.5 Å². The number of esters is 1. The molecule has 0 aliphatic rings. The summed E-state index contributed by atoms with van der Waals surface area (Å²) in [4.78, 5) is 24.0. The van der Waals surface area contributed by atoms with Crippen molar-refractivity contribution in [1.82, 2.24) is 0 Å². The summed E-state index contributed by atoms with van der Waals surface area (Å²) in [5.41, 5.74) is 1.96. The quantitative estimate of drug-likeness (QED) is 0.258. The first-order chi connectivity index (χ1) is 15.9. The average molecular weight is 509 g/mol. The molecule has 3 rings (SSSR count). The first-order valence-corrected chi connectivity index (χ1v) is 10.5. The maximum Gasteiger partial charge on any atom is 0.337 e. The van der Waals surface area contributed by atoms with Crippen LogP contribution in [-0.2, 0) is 16.1 Å². The van der Waals surface area contributed by atoms with Crippen LogP contribution in [0, 0.1) is 17.1 Å². The summed E-state index contributed by atoms with van der Waals surface area (Å²) in [6.45, 7) is 0.187. The van der Waals surface area contributed by atoms with E-state index in [9.17, 15) is 19.2 Å². The second-order valence-corrected chi connectivity index (χ2v) is 7.66. The van der Waals surface area contributed by atoms with Crippen molar-refractivity contribution in [3.8, 4) is 11.8 Å². The van der Waals surface area contributed by atoms with Gasteiger partial charge in [-0.15, -0.1) is 0 Å². The topological polar surface area (TPSA) is 88.4 Å². The molecule has 0 heterocycles. The summed E-state index contributed by atoms with van der Waals surface area (Å²) in [6, 6.07) is 19.2. The molecule has 3 aromatic carbocycles. The Bertz CT molecular complexity index is 1250. The molecule has 8 heteroatoms. The predicted octanol–water partition coefficient (Wildman–Crippen LogP) is 5.50. The highest BCUT2D eigenvalue weighted by Crippen LogP contribution is 2.28. The van der Waals surface area contributed by atoms with Gasteiger partial charge in [0, 0.05) is 5.69 Å². The average Bonchev–Trinajstić information content (AvgIpc) is 2.82. The van der Waals surface area contributed by atoms with E-state index in [1.54, 1.807) is 42.5 Å². The Morgan fingerprint density at radius 1 is 1.12 bits per heavy atom. The van der Waals surface area contributed by atoms with Crippen LogP contribution in [0.5, 0.6) is 5.75 Å². The number of nitrogens with zero attached hydrogens (tertiary/aromatic N) is 1. The molecule has 0 aliphatic carbocycles. The van der Waals surface area contributed by atoms with Crippen molar-refractivity contribution in [3.05, 3.63) is 99.3 Å². The van der Waals surface area contributed by atoms with Crippen molar-refractivity contribution >= 4 is 39.6 Å². The van der Waals surface area contributed by atoms with Crippen LogP contribution in [0.2, 0.25) is 0 Å². The first kappa shape index (κ1) is 23.7. The van der Waals surface area contributed by atoms with Crippen LogP contribution in [0.4, 0.5) is 10.1 Å². The molecule has 0 spiro atoms. The Labute approximate surface area is 198 Å². The molecule has 0 fully saturated rings. The Morgan fingerprint density at radius 2 is 1.88 bits per heavy atom. The lowest BCUT2D eigenvalue weighted by Gasteiger charge is -2.09. The molecule has 0 atom stereocenters. The Hall–Kier alpha value is -3.96. The summed E-state index contributed by atoms with van der Waals surface area (Å²) < 4.78 is 24.3. The standard InChI is InChI=1S/C25H18BrFN2O4/c1-32-25(31)18-6-8-21(9-7-18)29-24(30)19(14-28)11-16-5-10-23(22(26)13-16)33-15-17-3-2-4-20(27)12-17/h2-13H,15H2,1H3,(H,29,30)/b19-11+. The number of ether oxygens (including phenoxy) is 2. The van der Waals surface area contributed by atoms with Gasteiger partial charge in [0.1, 0.15) is 29.8 Å². The number of hydrogen-bond donors (Lipinski definition) is 1. The van der Waals surface area contributed by atoms with E-state index in [1.807, 2.05) is 6.07 Å². The van der Waals surface area contributed by atoms with Gasteiger partial charge in [-0.3, -0.25) is 4.79 Å². The van der Waals surface area contributed by atoms with Crippen molar-refractivity contribution in [2.24, 2.45) is 0 Å². The van der Waals surface area contributed by atoms with E-state index in [-0.39, 0.29) is 18.0 Å². The largest absolute Gasteiger partial charge is 0.488 e. The van der Waals surface area contributed by atoms with Crippen molar-refractivity contribution in [3.63, 3.8) is 0 Å². The lowest BCUT2D eigenvalue weighted by Crippen LogP contribution is -2.13. The van der Waals surface area contributed by atoms with Gasteiger partial charge in [-0.2, -0.15) is 5.26 Å². The number of rotatable bonds is 7. The first-order valence-electron chi connectivity index (χ1n) is 9.68. The Morgan fingerprint density at radius 3 is 2.52 bits per heavy atom. The molecule has 1 N–H and O–H groups in total. The second-order valence-electron chi connectivity index (χ2n) is 6.80. The van der Waals surface area contributed by atoms with E-state index in [4.69, 9.17) is 4.74 Å². The van der Waals surface area contributed by atoms with Crippen molar-refractivity contribution in [2.45, 2.75) is 6.61 Å². The minimum absolute atomic E-state index is 0.104. The molecule has 3 aromatic rings. The van der Waals surface area contributed by atoms with Gasteiger partial charge in [0.15, 0.2) is 0 Å². The number of nitriles is 1. The summed E-state index contributed by atoms with van der Waals surface area (Å²) in [5.74, 6) is -0.882. The van der Waals surface area contributed by atoms with Gasteiger partial charge in [-0.25, -0.2) is 9.18 Å². The highest BCUT2D eigenvalue weighted by molar-refractivity contribution is 9.10. The summed E-state index contributed by atoms with van der Waals surface area (Å²) in [6.07, 6.45) is 1.44. The normalized spacial score (nSPS) is 10.8. The fourth-order valence-electron chi connectivity index (χ4n) is 2.83. The minimum Gasteiger partial charge on any atom is -0.488 e. The van der Waals surface area contributed by atoms with E-state index < -0.39 is 11.9 Å². The van der Waals surface area contributed by atoms with E-state index in [2.05, 4.69) is 26.0 Å². The third-order valence-electron chi connectivity index (χ3n) is 4.48. The van der Waals surface area contributed by atoms with Crippen molar-refractivity contribution < 1.29 is 23.5 Å². The number of halogens is 2. The number of carbonyl (C=O) groups excluding carboxylic acids is 2. The van der Waals surface area contributed by atoms with E-state index >= 15 is 0 Å². The molecule has 166 valence electrons. The number of hydrogen-bond acceptors (Lipinski definition) is 5. The summed E-state index contributed by atoms with van der Waals surface area (Å²) in [7, 11) is 1.28. The summed E-state index contributed by atoms with van der Waals surface area (Å²) >= 11 is 3.41. The zero-order valence-electron chi connectivity index (χ0n) is 17.5. The summed E-state index contributed by atoms with van der Waals surface area (Å²) in [5, 5.41) is 12.1. The second kappa shape index (κ2) is 11.1. The zero-order valence-corrected chi connectivity index (χ0v) is 19.1. The lowest BCUT2D eigenvalue weighted by molar-refractivity contribution is -0.112. The van der Waals surface area contributed by atoms with E-state index in [0.717, 1.165) is 0 Å². The molecule has 33 heavy (non-hydrogen) atoms. The molecule has 0 saturated carbocycles. The van der Waals surface area contributed by atoms with Crippen LogP contribution in [0.3, 0.4) is 0 Å². The maximum atomic E-state index is 13.3. The smallest absolute Gasteiger partial charge is 0.337 e. The Kier molecular flexibility index (Phi) is 7.95. The number of methoxy groups -OCH3 is 1. The highest BCUT2D eigenvalue weighted by Gasteiger charge is 2.12. The molecule has 0 bridgehead atoms. The number of benzene rings is 3. The van der Waals surface area contributed by atoms with Crippen LogP contribution in [0.1, 0.15) is 21.5 Å². The Balaban J connectivity index is 1.68. The molecule has 0 saturated heterocycles. The van der Waals surface area contributed by atoms with Crippen LogP contribution in [-0.4, -0.2) is 19.0 Å². The molecule has 0 radical (unpaired) electrons. The van der Waals surface area contributed by atoms with Gasteiger partial charge in [-0.05, 0) is 81.7 Å². The molecule has 0 aromatic heterocycles. The van der Waals surface area contributed by atoms with Gasteiger partial charge < -0.3 is 14.8 Å². The van der Waals surface area contributed by atoms with Gasteiger partial charge in [0.25, 0.3) is 5.91 Å². The SMILES string of the molecule is COC(=O)c1ccc(NC(=O)/C(C#N)=C/c2ccc(OCc3cccc(F)c3)c(Br)c2)cc1. The van der Waals surface area contributed by atoms with Crippen LogP contribution < -0.4 is 10.1 Å². The van der Waals surface area contributed by atoms with Gasteiger partial charge >= 0.3 is 5.97 Å². The van der Waals surface area contributed by atoms with Crippen molar-refractivity contribution in [2.75, 3.05) is 12.4 Å². The van der Waals surface area contributed by atoms with Crippen LogP contribution >= 0.6 is 15.9 Å². The van der Waals surface area contributed by atoms with E-state index in [0.29, 0.717) is 32.6 Å². The third-order valence-corrected chi connectivity index (χ3v) is 5.10. The number of amides is 1. The molecular weight excluding hydrogens is 491 g/mol. The molecule has 6 nitrogen and oxygen atoms in total. The molecule has 0 aliphatic heterocycles. The number of nitrogens with one attached hydrogen (secondary N) is 1. The molecule has 1 amide bonds. The number of carbonyl (C=O) groups is 2. The lowest BCUT2D eigenvalue weighted by atomic mass is 10.1. The van der Waals surface area contributed by atoms with Crippen LogP contribution in [0.15, 0.2) is 76.8 Å². The van der Waals surface area contributed by atoms with Gasteiger partial charge in [0.05, 0.1) is 17.1 Å². The molecule has 0 unspecified atom stereocenters. The zero-order chi connectivity index (χ0) is 23.8. The number of anilines is 1. The highest BCUT2D eigenvalue weighted by atomic mass is 79.9. The third kappa shape index (κ3) is 6.51. The monoisotopic (exact) mass is 508 g/mol. The van der Waals surface area contributed by atoms with Crippen molar-refractivity contribution in [1.29, 1.82) is 5.26 Å². The predicted molar refractivity (Wildman–Crippen MR) is 125 cm³/mol. The molecular formula is C25H18BrFN2O4. The maximum absolute atomic E-state index is 13.3. The van der Waals surface area contributed by atoms with Gasteiger partial charge in [0.2, 0.25) is 0 Å².